The van der Waals surface area contributed by atoms with E-state index in [2.05, 4.69) is 10.3 Å². The molecule has 2 rings (SSSR count). The van der Waals surface area contributed by atoms with E-state index in [0.717, 1.165) is 17.7 Å². The first kappa shape index (κ1) is 14.0. The number of anilines is 1. The molecule has 104 valence electrons. The fraction of sp³-hybridized carbons (Fsp3) is 0.600. The number of hydrogen-bond donors (Lipinski definition) is 2. The zero-order valence-corrected chi connectivity index (χ0v) is 11.6. The molecule has 1 atom stereocenters. The molecule has 4 nitrogen and oxygen atoms in total. The highest BCUT2D eigenvalue weighted by Gasteiger charge is 2.21. The van der Waals surface area contributed by atoms with Crippen molar-refractivity contribution < 1.29 is 4.79 Å². The average Bonchev–Trinajstić information content (AvgIpc) is 2.42. The van der Waals surface area contributed by atoms with Gasteiger partial charge < -0.3 is 11.1 Å². The summed E-state index contributed by atoms with van der Waals surface area (Å²) in [7, 11) is 0. The summed E-state index contributed by atoms with van der Waals surface area (Å²) in [5.41, 5.74) is 7.78. The minimum atomic E-state index is -0.414. The van der Waals surface area contributed by atoms with Crippen LogP contribution in [0, 0.1) is 12.8 Å². The van der Waals surface area contributed by atoms with Crippen LogP contribution in [0.25, 0.3) is 0 Å². The van der Waals surface area contributed by atoms with E-state index in [9.17, 15) is 4.79 Å². The highest BCUT2D eigenvalue weighted by molar-refractivity contribution is 5.95. The van der Waals surface area contributed by atoms with E-state index in [1.807, 2.05) is 13.0 Å². The fourth-order valence-corrected chi connectivity index (χ4v) is 2.71. The first-order valence-electron chi connectivity index (χ1n) is 7.14. The minimum absolute atomic E-state index is 0.0957. The number of aryl methyl sites for hydroxylation is 1. The van der Waals surface area contributed by atoms with Crippen LogP contribution in [-0.2, 0) is 4.79 Å². The van der Waals surface area contributed by atoms with Crippen LogP contribution in [0.1, 0.15) is 44.1 Å². The number of carbonyl (C=O) groups excluding carboxylic acids is 1. The summed E-state index contributed by atoms with van der Waals surface area (Å²) in [6.45, 7) is 1.95. The van der Waals surface area contributed by atoms with E-state index in [1.165, 1.54) is 32.1 Å². The minimum Gasteiger partial charge on any atom is -0.323 e. The Balaban J connectivity index is 1.87. The lowest BCUT2D eigenvalue weighted by Crippen LogP contribution is -2.37. The number of amides is 1. The van der Waals surface area contributed by atoms with Crippen LogP contribution in [0.4, 0.5) is 5.69 Å². The molecule has 0 saturated heterocycles. The van der Waals surface area contributed by atoms with Crippen molar-refractivity contribution in [3.8, 4) is 0 Å². The van der Waals surface area contributed by atoms with Gasteiger partial charge in [0.2, 0.25) is 5.91 Å². The highest BCUT2D eigenvalue weighted by atomic mass is 16.2. The van der Waals surface area contributed by atoms with E-state index in [1.54, 1.807) is 12.4 Å². The van der Waals surface area contributed by atoms with Crippen LogP contribution < -0.4 is 11.1 Å². The topological polar surface area (TPSA) is 68.0 Å². The molecular formula is C15H23N3O. The molecule has 1 heterocycles. The highest BCUT2D eigenvalue weighted by Crippen LogP contribution is 2.27. The Morgan fingerprint density at radius 1 is 1.47 bits per heavy atom. The smallest absolute Gasteiger partial charge is 0.241 e. The molecule has 1 unspecified atom stereocenters. The van der Waals surface area contributed by atoms with Gasteiger partial charge in [-0.15, -0.1) is 0 Å². The maximum atomic E-state index is 12.1. The molecule has 0 spiro atoms. The number of nitrogens with zero attached hydrogens (tertiary/aromatic N) is 1. The number of pyridine rings is 1. The third-order valence-corrected chi connectivity index (χ3v) is 3.95. The van der Waals surface area contributed by atoms with Gasteiger partial charge in [-0.05, 0) is 30.9 Å². The molecule has 4 heteroatoms. The van der Waals surface area contributed by atoms with E-state index in [-0.39, 0.29) is 5.91 Å². The normalized spacial score (nSPS) is 18.0. The molecule has 0 radical (unpaired) electrons. The van der Waals surface area contributed by atoms with E-state index < -0.39 is 6.04 Å². The fourth-order valence-electron chi connectivity index (χ4n) is 2.71. The van der Waals surface area contributed by atoms with Gasteiger partial charge in [0, 0.05) is 6.20 Å². The molecule has 1 aliphatic rings. The summed E-state index contributed by atoms with van der Waals surface area (Å²) in [5, 5.41) is 2.87. The molecule has 1 aromatic heterocycles. The molecule has 19 heavy (non-hydrogen) atoms. The zero-order valence-electron chi connectivity index (χ0n) is 11.6. The van der Waals surface area contributed by atoms with E-state index in [4.69, 9.17) is 5.73 Å². The van der Waals surface area contributed by atoms with Crippen LogP contribution in [0.3, 0.4) is 0 Å². The van der Waals surface area contributed by atoms with Crippen molar-refractivity contribution in [1.82, 2.24) is 4.98 Å². The summed E-state index contributed by atoms with van der Waals surface area (Å²) >= 11 is 0. The summed E-state index contributed by atoms with van der Waals surface area (Å²) in [6.07, 6.45) is 10.5. The predicted molar refractivity (Wildman–Crippen MR) is 76.8 cm³/mol. The molecule has 0 aliphatic heterocycles. The Hall–Kier alpha value is -1.42. The van der Waals surface area contributed by atoms with Crippen molar-refractivity contribution in [2.75, 3.05) is 5.32 Å². The standard InChI is InChI=1S/C15H23N3O/c1-11-7-8-17-10-14(11)18-15(19)13(16)9-12-5-3-2-4-6-12/h7-8,10,12-13H,2-6,9,16H2,1H3,(H,18,19). The van der Waals surface area contributed by atoms with Gasteiger partial charge in [-0.25, -0.2) is 0 Å². The molecule has 1 amide bonds. The number of hydrogen-bond acceptors (Lipinski definition) is 3. The Kier molecular flexibility index (Phi) is 4.91. The van der Waals surface area contributed by atoms with Crippen molar-refractivity contribution in [2.45, 2.75) is 51.5 Å². The summed E-state index contributed by atoms with van der Waals surface area (Å²) in [4.78, 5) is 16.1. The van der Waals surface area contributed by atoms with Gasteiger partial charge in [-0.1, -0.05) is 32.1 Å². The van der Waals surface area contributed by atoms with Gasteiger partial charge in [0.1, 0.15) is 0 Å². The van der Waals surface area contributed by atoms with Crippen molar-refractivity contribution in [3.63, 3.8) is 0 Å². The second-order valence-electron chi connectivity index (χ2n) is 5.53. The molecule has 3 N–H and O–H groups in total. The number of nitrogens with one attached hydrogen (secondary N) is 1. The van der Waals surface area contributed by atoms with Gasteiger partial charge >= 0.3 is 0 Å². The number of aromatic nitrogens is 1. The van der Waals surface area contributed by atoms with Gasteiger partial charge in [0.15, 0.2) is 0 Å². The third-order valence-electron chi connectivity index (χ3n) is 3.95. The van der Waals surface area contributed by atoms with Crippen LogP contribution in [0.2, 0.25) is 0 Å². The lowest BCUT2D eigenvalue weighted by molar-refractivity contribution is -0.117. The van der Waals surface area contributed by atoms with Crippen LogP contribution in [0.15, 0.2) is 18.5 Å². The zero-order chi connectivity index (χ0) is 13.7. The average molecular weight is 261 g/mol. The monoisotopic (exact) mass is 261 g/mol. The molecule has 1 aromatic rings. The Labute approximate surface area is 114 Å². The van der Waals surface area contributed by atoms with E-state index in [0.29, 0.717) is 5.92 Å². The second-order valence-corrected chi connectivity index (χ2v) is 5.53. The second kappa shape index (κ2) is 6.66. The maximum Gasteiger partial charge on any atom is 0.241 e. The number of nitrogens with two attached hydrogens (primary N) is 1. The summed E-state index contributed by atoms with van der Waals surface area (Å²) in [6, 6.07) is 1.46. The summed E-state index contributed by atoms with van der Waals surface area (Å²) < 4.78 is 0. The van der Waals surface area contributed by atoms with Crippen molar-refractivity contribution in [2.24, 2.45) is 11.7 Å². The lowest BCUT2D eigenvalue weighted by Gasteiger charge is -2.24. The lowest BCUT2D eigenvalue weighted by atomic mass is 9.85. The van der Waals surface area contributed by atoms with E-state index >= 15 is 0 Å². The number of carbonyl (C=O) groups is 1. The first-order valence-corrected chi connectivity index (χ1v) is 7.14. The molecule has 1 fully saturated rings. The molecule has 0 aromatic carbocycles. The van der Waals surface area contributed by atoms with Gasteiger partial charge in [0.05, 0.1) is 17.9 Å². The molecule has 1 aliphatic carbocycles. The Morgan fingerprint density at radius 2 is 2.21 bits per heavy atom. The Bertz CT molecular complexity index is 427. The molecule has 0 bridgehead atoms. The van der Waals surface area contributed by atoms with Crippen molar-refractivity contribution >= 4 is 11.6 Å². The molecule has 1 saturated carbocycles. The van der Waals surface area contributed by atoms with Crippen LogP contribution in [-0.4, -0.2) is 16.9 Å². The van der Waals surface area contributed by atoms with Crippen LogP contribution >= 0.6 is 0 Å². The SMILES string of the molecule is Cc1ccncc1NC(=O)C(N)CC1CCCCC1. The van der Waals surface area contributed by atoms with Gasteiger partial charge in [-0.3, -0.25) is 9.78 Å². The first-order chi connectivity index (χ1) is 9.16. The van der Waals surface area contributed by atoms with Gasteiger partial charge in [0.25, 0.3) is 0 Å². The Morgan fingerprint density at radius 3 is 2.89 bits per heavy atom. The third kappa shape index (κ3) is 4.03. The van der Waals surface area contributed by atoms with Gasteiger partial charge in [-0.2, -0.15) is 0 Å². The predicted octanol–water partition coefficient (Wildman–Crippen LogP) is 2.63. The largest absolute Gasteiger partial charge is 0.323 e. The summed E-state index contributed by atoms with van der Waals surface area (Å²) in [5.74, 6) is 0.520. The van der Waals surface area contributed by atoms with Crippen molar-refractivity contribution in [3.05, 3.63) is 24.0 Å². The van der Waals surface area contributed by atoms with Crippen molar-refractivity contribution in [1.29, 1.82) is 0 Å². The number of rotatable bonds is 4. The quantitative estimate of drug-likeness (QED) is 0.875. The maximum absolute atomic E-state index is 12.1. The van der Waals surface area contributed by atoms with Crippen LogP contribution in [0.5, 0.6) is 0 Å². The molecular weight excluding hydrogens is 238 g/mol.